The fraction of sp³-hybridized carbons (Fsp3) is 0.462. The van der Waals surface area contributed by atoms with Gasteiger partial charge in [-0.1, -0.05) is 0 Å². The molecule has 3 heterocycles. The Bertz CT molecular complexity index is 1260. The Kier molecular flexibility index (Phi) is 8.97. The number of thiol groups is 1. The van der Waals surface area contributed by atoms with Crippen LogP contribution in [0.15, 0.2) is 30.5 Å². The lowest BCUT2D eigenvalue weighted by atomic mass is 10.1. The number of alkyl halides is 3. The predicted octanol–water partition coefficient (Wildman–Crippen LogP) is 4.17. The van der Waals surface area contributed by atoms with Crippen molar-refractivity contribution in [3.63, 3.8) is 0 Å². The van der Waals surface area contributed by atoms with Crippen LogP contribution in [0.2, 0.25) is 0 Å². The number of nitrogens with one attached hydrogen (secondary N) is 1. The normalized spacial score (nSPS) is 18.7. The molecule has 1 aromatic carbocycles. The molecule has 2 aliphatic rings. The van der Waals surface area contributed by atoms with Crippen LogP contribution in [0.3, 0.4) is 0 Å². The summed E-state index contributed by atoms with van der Waals surface area (Å²) < 4.78 is 55.6. The van der Waals surface area contributed by atoms with Crippen LogP contribution in [0.4, 0.5) is 28.9 Å². The molecule has 1 N–H and O–H groups in total. The van der Waals surface area contributed by atoms with Gasteiger partial charge in [0.2, 0.25) is 5.91 Å². The maximum atomic E-state index is 15.0. The molecule has 0 saturated carbocycles. The molecule has 1 unspecified atom stereocenters. The van der Waals surface area contributed by atoms with Crippen LogP contribution in [0, 0.1) is 17.1 Å². The van der Waals surface area contributed by atoms with E-state index in [9.17, 15) is 22.8 Å². The highest BCUT2D eigenvalue weighted by Gasteiger charge is 2.37. The Morgan fingerprint density at radius 1 is 1.15 bits per heavy atom. The summed E-state index contributed by atoms with van der Waals surface area (Å²) in [6.07, 6.45) is -0.389. The largest absolute Gasteiger partial charge is 0.419 e. The molecule has 2 saturated heterocycles. The van der Waals surface area contributed by atoms with Crippen molar-refractivity contribution in [2.45, 2.75) is 43.8 Å². The molecule has 1 atom stereocenters. The lowest BCUT2D eigenvalue weighted by molar-refractivity contribution is -0.138. The Hall–Kier alpha value is -3.37. The molecule has 0 aliphatic carbocycles. The quantitative estimate of drug-likeness (QED) is 0.298. The van der Waals surface area contributed by atoms with Crippen LogP contribution in [0.5, 0.6) is 0 Å². The first kappa shape index (κ1) is 28.6. The molecule has 0 spiro atoms. The number of rotatable bonds is 7. The third-order valence-corrected chi connectivity index (χ3v) is 7.30. The summed E-state index contributed by atoms with van der Waals surface area (Å²) in [5.41, 5.74) is -3.20. The molecule has 2 aliphatic heterocycles. The number of nitrogens with zero attached hydrogens (tertiary/aromatic N) is 5. The van der Waals surface area contributed by atoms with E-state index in [1.807, 2.05) is 0 Å². The molecule has 4 rings (SSSR count). The molecular formula is C26H28F4N6O2S. The minimum absolute atomic E-state index is 0.00924. The number of carbonyl (C=O) groups excluding carboxylic acids is 2. The van der Waals surface area contributed by atoms with Crippen molar-refractivity contribution < 1.29 is 27.2 Å². The van der Waals surface area contributed by atoms with E-state index in [1.165, 1.54) is 31.0 Å². The van der Waals surface area contributed by atoms with Gasteiger partial charge in [-0.3, -0.25) is 14.5 Å². The predicted molar refractivity (Wildman–Crippen MR) is 140 cm³/mol. The van der Waals surface area contributed by atoms with E-state index >= 15 is 4.39 Å². The number of hydrogen-bond acceptors (Lipinski definition) is 7. The average Bonchev–Trinajstić information content (AvgIpc) is 3.37. The van der Waals surface area contributed by atoms with Crippen molar-refractivity contribution in [1.29, 1.82) is 5.26 Å². The molecule has 39 heavy (non-hydrogen) atoms. The summed E-state index contributed by atoms with van der Waals surface area (Å²) in [6, 6.07) is 6.09. The monoisotopic (exact) mass is 564 g/mol. The van der Waals surface area contributed by atoms with Crippen molar-refractivity contribution in [3.8, 4) is 6.07 Å². The second-order valence-corrected chi connectivity index (χ2v) is 9.89. The third-order valence-electron chi connectivity index (χ3n) is 6.80. The Morgan fingerprint density at radius 2 is 1.90 bits per heavy atom. The Labute approximate surface area is 229 Å². The van der Waals surface area contributed by atoms with Crippen molar-refractivity contribution in [2.24, 2.45) is 0 Å². The summed E-state index contributed by atoms with van der Waals surface area (Å²) in [5.74, 6) is -1.81. The van der Waals surface area contributed by atoms with E-state index in [4.69, 9.17) is 5.26 Å². The summed E-state index contributed by atoms with van der Waals surface area (Å²) >= 11 is 4.50. The number of hydrogen-bond donors (Lipinski definition) is 2. The van der Waals surface area contributed by atoms with Crippen molar-refractivity contribution in [1.82, 2.24) is 15.2 Å². The fourth-order valence-corrected chi connectivity index (χ4v) is 5.32. The summed E-state index contributed by atoms with van der Waals surface area (Å²) in [6.45, 7) is 3.65. The van der Waals surface area contributed by atoms with E-state index in [1.54, 1.807) is 4.90 Å². The Morgan fingerprint density at radius 3 is 2.56 bits per heavy atom. The molecule has 0 bridgehead atoms. The molecular weight excluding hydrogens is 536 g/mol. The van der Waals surface area contributed by atoms with Crippen LogP contribution in [-0.2, 0) is 11.0 Å². The highest BCUT2D eigenvalue weighted by Crippen LogP contribution is 2.36. The number of benzene rings is 1. The highest BCUT2D eigenvalue weighted by molar-refractivity contribution is 7.81. The molecule has 2 fully saturated rings. The summed E-state index contributed by atoms with van der Waals surface area (Å²) in [7, 11) is 0. The third kappa shape index (κ3) is 6.62. The lowest BCUT2D eigenvalue weighted by Gasteiger charge is -2.36. The molecule has 2 amide bonds. The second kappa shape index (κ2) is 12.2. The maximum absolute atomic E-state index is 15.0. The number of aromatic nitrogens is 1. The zero-order valence-corrected chi connectivity index (χ0v) is 21.9. The number of amides is 2. The summed E-state index contributed by atoms with van der Waals surface area (Å²) in [5, 5.41) is 11.8. The van der Waals surface area contributed by atoms with Gasteiger partial charge in [0.1, 0.15) is 11.9 Å². The van der Waals surface area contributed by atoms with Crippen molar-refractivity contribution >= 4 is 35.8 Å². The minimum atomic E-state index is -4.86. The van der Waals surface area contributed by atoms with Crippen LogP contribution < -0.4 is 15.1 Å². The van der Waals surface area contributed by atoms with Gasteiger partial charge < -0.3 is 15.1 Å². The van der Waals surface area contributed by atoms with Gasteiger partial charge in [0.15, 0.2) is 11.2 Å². The zero-order valence-electron chi connectivity index (χ0n) is 21.0. The van der Waals surface area contributed by atoms with E-state index in [-0.39, 0.29) is 24.2 Å². The number of carbonyl (C=O) groups is 2. The highest BCUT2D eigenvalue weighted by atomic mass is 32.1. The first-order valence-electron chi connectivity index (χ1n) is 12.6. The van der Waals surface area contributed by atoms with Gasteiger partial charge in [-0.2, -0.15) is 18.4 Å². The van der Waals surface area contributed by atoms with Crippen LogP contribution in [-0.4, -0.2) is 59.9 Å². The van der Waals surface area contributed by atoms with Gasteiger partial charge in [-0.25, -0.2) is 9.37 Å². The molecule has 13 heteroatoms. The molecule has 0 radical (unpaired) electrons. The van der Waals surface area contributed by atoms with Gasteiger partial charge >= 0.3 is 6.18 Å². The summed E-state index contributed by atoms with van der Waals surface area (Å²) in [4.78, 5) is 33.9. The van der Waals surface area contributed by atoms with Gasteiger partial charge in [0, 0.05) is 25.2 Å². The van der Waals surface area contributed by atoms with E-state index in [2.05, 4.69) is 27.8 Å². The number of nitriles is 1. The SMILES string of the molecule is N#Cc1ncc(N2C(=O)CCCN(c3ccc(C(=O)NCCCN4CCCC4)c(F)c3)C2S)cc1C(F)(F)F. The van der Waals surface area contributed by atoms with Crippen LogP contribution in [0.1, 0.15) is 53.7 Å². The molecule has 208 valence electrons. The Balaban J connectivity index is 1.51. The first-order chi connectivity index (χ1) is 18.6. The van der Waals surface area contributed by atoms with Gasteiger partial charge in [-0.15, -0.1) is 12.6 Å². The van der Waals surface area contributed by atoms with Crippen LogP contribution in [0.25, 0.3) is 0 Å². The maximum Gasteiger partial charge on any atom is 0.419 e. The van der Waals surface area contributed by atoms with E-state index < -0.39 is 40.6 Å². The van der Waals surface area contributed by atoms with Gasteiger partial charge in [0.05, 0.1) is 23.0 Å². The topological polar surface area (TPSA) is 92.6 Å². The van der Waals surface area contributed by atoms with Crippen LogP contribution >= 0.6 is 12.6 Å². The minimum Gasteiger partial charge on any atom is -0.352 e. The number of pyridine rings is 1. The number of halogens is 4. The zero-order chi connectivity index (χ0) is 28.2. The fourth-order valence-electron chi connectivity index (χ4n) is 4.81. The van der Waals surface area contributed by atoms with Crippen molar-refractivity contribution in [2.75, 3.05) is 42.5 Å². The molecule has 1 aromatic heterocycles. The smallest absolute Gasteiger partial charge is 0.352 e. The second-order valence-electron chi connectivity index (χ2n) is 9.43. The van der Waals surface area contributed by atoms with Gasteiger partial charge in [-0.05, 0) is 69.6 Å². The standard InChI is InChI=1S/C26H28F4N6O2S/c27-21-14-17(6-7-19(21)24(38)32-8-4-11-34-9-1-2-10-34)35-12-3-5-23(37)36(25(35)39)18-13-20(26(28,29)30)22(15-31)33-16-18/h6-7,13-14,16,25,39H,1-5,8-12H2,(H,32,38). The van der Waals surface area contributed by atoms with Crippen molar-refractivity contribution in [3.05, 3.63) is 53.1 Å². The number of anilines is 2. The first-order valence-corrected chi connectivity index (χ1v) is 13.2. The van der Waals surface area contributed by atoms with Gasteiger partial charge in [0.25, 0.3) is 5.91 Å². The van der Waals surface area contributed by atoms with E-state index in [0.29, 0.717) is 24.7 Å². The average molecular weight is 565 g/mol. The lowest BCUT2D eigenvalue weighted by Crippen LogP contribution is -2.46. The van der Waals surface area contributed by atoms with E-state index in [0.717, 1.165) is 43.2 Å². The number of likely N-dealkylation sites (tertiary alicyclic amines) is 1. The molecule has 2 aromatic rings. The molecule has 8 nitrogen and oxygen atoms in total.